The molecule has 0 saturated carbocycles. The molecular formula is C26H29N3O3. The highest BCUT2D eigenvalue weighted by Gasteiger charge is 2.28. The molecule has 0 unspecified atom stereocenters. The van der Waals surface area contributed by atoms with Crippen molar-refractivity contribution in [2.45, 2.75) is 38.8 Å². The van der Waals surface area contributed by atoms with Gasteiger partial charge in [0.05, 0.1) is 25.3 Å². The molecule has 3 heterocycles. The smallest absolute Gasteiger partial charge is 0.254 e. The first-order chi connectivity index (χ1) is 15.6. The van der Waals surface area contributed by atoms with Gasteiger partial charge in [0.1, 0.15) is 5.82 Å². The highest BCUT2D eigenvalue weighted by Crippen LogP contribution is 2.35. The van der Waals surface area contributed by atoms with Crippen LogP contribution in [0.4, 0.5) is 5.82 Å². The topological polar surface area (TPSA) is 54.9 Å². The number of rotatable bonds is 4. The van der Waals surface area contributed by atoms with Gasteiger partial charge in [-0.15, -0.1) is 0 Å². The van der Waals surface area contributed by atoms with Crippen LogP contribution in [0.2, 0.25) is 0 Å². The van der Waals surface area contributed by atoms with Crippen LogP contribution in [0.1, 0.15) is 41.3 Å². The molecule has 1 amide bonds. The molecule has 0 N–H and O–H groups in total. The van der Waals surface area contributed by atoms with E-state index < -0.39 is 0 Å². The van der Waals surface area contributed by atoms with Crippen LogP contribution >= 0.6 is 0 Å². The number of methoxy groups -OCH3 is 2. The summed E-state index contributed by atoms with van der Waals surface area (Å²) in [5, 5.41) is 0.921. The maximum Gasteiger partial charge on any atom is 0.254 e. The number of fused-ring (bicyclic) bond motifs is 2. The number of likely N-dealkylation sites (tertiary alicyclic amines) is 1. The molecular weight excluding hydrogens is 402 g/mol. The second-order valence-electron chi connectivity index (χ2n) is 8.68. The quantitative estimate of drug-likeness (QED) is 0.611. The van der Waals surface area contributed by atoms with E-state index in [1.165, 1.54) is 11.1 Å². The molecule has 1 atom stereocenters. The Morgan fingerprint density at radius 2 is 1.78 bits per heavy atom. The maximum absolute atomic E-state index is 13.5. The maximum atomic E-state index is 13.5. The third kappa shape index (κ3) is 3.53. The predicted molar refractivity (Wildman–Crippen MR) is 126 cm³/mol. The van der Waals surface area contributed by atoms with E-state index in [1.54, 1.807) is 14.2 Å². The van der Waals surface area contributed by atoms with Crippen LogP contribution in [-0.4, -0.2) is 49.1 Å². The lowest BCUT2D eigenvalue weighted by molar-refractivity contribution is 0.0749. The fourth-order valence-electron chi connectivity index (χ4n) is 4.97. The van der Waals surface area contributed by atoms with Crippen LogP contribution in [0.5, 0.6) is 11.5 Å². The SMILES string of the molecule is COc1cc2c(cc1OC)CN(c1cc(C(=O)N3CCC[C@@H]3C)c3ccccc3n1)CC2. The van der Waals surface area contributed by atoms with Crippen LogP contribution in [0, 0.1) is 0 Å². The average Bonchev–Trinajstić information content (AvgIpc) is 3.27. The number of benzene rings is 2. The molecule has 5 rings (SSSR count). The van der Waals surface area contributed by atoms with Crippen molar-refractivity contribution < 1.29 is 14.3 Å². The summed E-state index contributed by atoms with van der Waals surface area (Å²) in [6.45, 7) is 4.51. The van der Waals surface area contributed by atoms with Gasteiger partial charge in [0, 0.05) is 31.1 Å². The lowest BCUT2D eigenvalue weighted by Gasteiger charge is -2.31. The van der Waals surface area contributed by atoms with Gasteiger partial charge < -0.3 is 19.3 Å². The standard InChI is InChI=1S/C26H29N3O3/c1-17-7-6-11-29(17)26(30)21-15-25(27-22-9-5-4-8-20(21)22)28-12-10-18-13-23(31-2)24(32-3)14-19(18)16-28/h4-5,8-9,13-15,17H,6-7,10-12,16H2,1-3H3/t17-/m0/s1. The molecule has 0 spiro atoms. The van der Waals surface area contributed by atoms with Crippen molar-refractivity contribution in [3.8, 4) is 11.5 Å². The normalized spacial score (nSPS) is 18.0. The van der Waals surface area contributed by atoms with E-state index in [0.717, 1.165) is 72.7 Å². The van der Waals surface area contributed by atoms with Gasteiger partial charge in [-0.05, 0) is 61.6 Å². The Morgan fingerprint density at radius 1 is 1.03 bits per heavy atom. The summed E-state index contributed by atoms with van der Waals surface area (Å²) in [6, 6.07) is 14.3. The van der Waals surface area contributed by atoms with Crippen LogP contribution in [0.3, 0.4) is 0 Å². The number of carbonyl (C=O) groups excluding carboxylic acids is 1. The Hall–Kier alpha value is -3.28. The molecule has 0 radical (unpaired) electrons. The fraction of sp³-hybridized carbons (Fsp3) is 0.385. The summed E-state index contributed by atoms with van der Waals surface area (Å²) < 4.78 is 11.0. The lowest BCUT2D eigenvalue weighted by Crippen LogP contribution is -2.34. The van der Waals surface area contributed by atoms with Gasteiger partial charge >= 0.3 is 0 Å². The molecule has 6 nitrogen and oxygen atoms in total. The molecule has 2 aliphatic heterocycles. The molecule has 1 fully saturated rings. The third-order valence-electron chi connectivity index (χ3n) is 6.79. The first-order valence-corrected chi connectivity index (χ1v) is 11.3. The molecule has 32 heavy (non-hydrogen) atoms. The number of pyridine rings is 1. The van der Waals surface area contributed by atoms with E-state index >= 15 is 0 Å². The highest BCUT2D eigenvalue weighted by molar-refractivity contribution is 6.07. The number of nitrogens with zero attached hydrogens (tertiary/aromatic N) is 3. The van der Waals surface area contributed by atoms with E-state index in [0.29, 0.717) is 0 Å². The van der Waals surface area contributed by atoms with E-state index in [4.69, 9.17) is 14.5 Å². The molecule has 0 bridgehead atoms. The largest absolute Gasteiger partial charge is 0.493 e. The number of ether oxygens (including phenoxy) is 2. The van der Waals surface area contributed by atoms with Gasteiger partial charge in [-0.25, -0.2) is 4.98 Å². The van der Waals surface area contributed by atoms with E-state index in [9.17, 15) is 4.79 Å². The highest BCUT2D eigenvalue weighted by atomic mass is 16.5. The molecule has 3 aromatic rings. The summed E-state index contributed by atoms with van der Waals surface area (Å²) in [5.41, 5.74) is 4.07. The van der Waals surface area contributed by atoms with Crippen molar-refractivity contribution >= 4 is 22.6 Å². The van der Waals surface area contributed by atoms with Crippen molar-refractivity contribution in [1.82, 2.24) is 9.88 Å². The van der Waals surface area contributed by atoms with Gasteiger partial charge in [-0.3, -0.25) is 4.79 Å². The summed E-state index contributed by atoms with van der Waals surface area (Å²) >= 11 is 0. The monoisotopic (exact) mass is 431 g/mol. The van der Waals surface area contributed by atoms with Gasteiger partial charge in [-0.1, -0.05) is 18.2 Å². The van der Waals surface area contributed by atoms with Gasteiger partial charge in [0.2, 0.25) is 0 Å². The minimum atomic E-state index is 0.110. The first-order valence-electron chi connectivity index (χ1n) is 11.3. The van der Waals surface area contributed by atoms with Gasteiger partial charge in [-0.2, -0.15) is 0 Å². The summed E-state index contributed by atoms with van der Waals surface area (Å²) in [5.74, 6) is 2.45. The number of hydrogen-bond acceptors (Lipinski definition) is 5. The Balaban J connectivity index is 1.53. The number of anilines is 1. The molecule has 6 heteroatoms. The summed E-state index contributed by atoms with van der Waals surface area (Å²) in [7, 11) is 3.32. The lowest BCUT2D eigenvalue weighted by atomic mass is 9.98. The molecule has 1 saturated heterocycles. The van der Waals surface area contributed by atoms with Crippen LogP contribution in [0.25, 0.3) is 10.9 Å². The minimum absolute atomic E-state index is 0.110. The van der Waals surface area contributed by atoms with Crippen LogP contribution < -0.4 is 14.4 Å². The predicted octanol–water partition coefficient (Wildman–Crippen LogP) is 4.44. The number of para-hydroxylation sites is 1. The van der Waals surface area contributed by atoms with Gasteiger partial charge in [0.25, 0.3) is 5.91 Å². The Bertz CT molecular complexity index is 1180. The Labute approximate surface area is 188 Å². The molecule has 166 valence electrons. The van der Waals surface area contributed by atoms with E-state index in [1.807, 2.05) is 35.2 Å². The van der Waals surface area contributed by atoms with Crippen LogP contribution in [-0.2, 0) is 13.0 Å². The molecule has 2 aromatic carbocycles. The number of aromatic nitrogens is 1. The zero-order valence-corrected chi connectivity index (χ0v) is 18.9. The molecule has 0 aliphatic carbocycles. The Kier molecular flexibility index (Phi) is 5.37. The fourth-order valence-corrected chi connectivity index (χ4v) is 4.97. The van der Waals surface area contributed by atoms with Crippen molar-refractivity contribution in [3.05, 3.63) is 59.2 Å². The zero-order chi connectivity index (χ0) is 22.2. The van der Waals surface area contributed by atoms with Crippen molar-refractivity contribution in [2.24, 2.45) is 0 Å². The van der Waals surface area contributed by atoms with Gasteiger partial charge in [0.15, 0.2) is 11.5 Å². The number of amides is 1. The number of carbonyl (C=O) groups is 1. The second-order valence-corrected chi connectivity index (χ2v) is 8.68. The molecule has 2 aliphatic rings. The minimum Gasteiger partial charge on any atom is -0.493 e. The van der Waals surface area contributed by atoms with Crippen molar-refractivity contribution in [2.75, 3.05) is 32.2 Å². The van der Waals surface area contributed by atoms with E-state index in [-0.39, 0.29) is 11.9 Å². The summed E-state index contributed by atoms with van der Waals surface area (Å²) in [6.07, 6.45) is 3.02. The van der Waals surface area contributed by atoms with E-state index in [2.05, 4.69) is 24.0 Å². The van der Waals surface area contributed by atoms with Crippen molar-refractivity contribution in [1.29, 1.82) is 0 Å². The second kappa shape index (κ2) is 8.34. The summed E-state index contributed by atoms with van der Waals surface area (Å²) in [4.78, 5) is 22.7. The van der Waals surface area contributed by atoms with Crippen molar-refractivity contribution in [3.63, 3.8) is 0 Å². The third-order valence-corrected chi connectivity index (χ3v) is 6.79. The van der Waals surface area contributed by atoms with Crippen LogP contribution in [0.15, 0.2) is 42.5 Å². The Morgan fingerprint density at radius 3 is 2.50 bits per heavy atom. The number of hydrogen-bond donors (Lipinski definition) is 0. The zero-order valence-electron chi connectivity index (χ0n) is 18.9. The average molecular weight is 432 g/mol. The molecule has 1 aromatic heterocycles. The first kappa shape index (κ1) is 20.6.